The summed E-state index contributed by atoms with van der Waals surface area (Å²) in [6.07, 6.45) is 6.57. The molecule has 0 aliphatic carbocycles. The van der Waals surface area contributed by atoms with Crippen molar-refractivity contribution in [1.82, 2.24) is 25.2 Å². The van der Waals surface area contributed by atoms with Crippen molar-refractivity contribution in [3.63, 3.8) is 0 Å². The van der Waals surface area contributed by atoms with E-state index in [-0.39, 0.29) is 5.91 Å². The van der Waals surface area contributed by atoms with Gasteiger partial charge in [0.1, 0.15) is 6.33 Å². The molecule has 8 heteroatoms. The van der Waals surface area contributed by atoms with Crippen molar-refractivity contribution in [1.29, 1.82) is 0 Å². The first-order chi connectivity index (χ1) is 12.2. The van der Waals surface area contributed by atoms with Crippen molar-refractivity contribution in [2.45, 2.75) is 10.9 Å². The molecule has 0 saturated heterocycles. The third-order valence-corrected chi connectivity index (χ3v) is 4.42. The van der Waals surface area contributed by atoms with Crippen molar-refractivity contribution >= 4 is 23.9 Å². The minimum atomic E-state index is -0.257. The Morgan fingerprint density at radius 2 is 2.16 bits per heavy atom. The summed E-state index contributed by atoms with van der Waals surface area (Å²) in [5, 5.41) is 12.7. The lowest BCUT2D eigenvalue weighted by Crippen LogP contribution is -2.17. The van der Waals surface area contributed by atoms with E-state index < -0.39 is 0 Å². The number of hydrogen-bond acceptors (Lipinski definition) is 6. The molecule has 0 atom stereocenters. The van der Waals surface area contributed by atoms with Crippen LogP contribution in [0.3, 0.4) is 0 Å². The number of thioether (sulfide) groups is 1. The first-order valence-electron chi connectivity index (χ1n) is 7.51. The van der Waals surface area contributed by atoms with E-state index in [2.05, 4.69) is 25.7 Å². The van der Waals surface area contributed by atoms with E-state index in [1.165, 1.54) is 0 Å². The molecule has 25 heavy (non-hydrogen) atoms. The highest BCUT2D eigenvalue weighted by Crippen LogP contribution is 2.20. The average Bonchev–Trinajstić information content (AvgIpc) is 3.06. The number of carbonyl (C=O) groups is 1. The maximum Gasteiger partial charge on any atom is 0.271 e. The first-order valence-corrected chi connectivity index (χ1v) is 8.50. The molecule has 2 heterocycles. The summed E-state index contributed by atoms with van der Waals surface area (Å²) in [7, 11) is 1.90. The molecule has 0 saturated carbocycles. The van der Waals surface area contributed by atoms with Gasteiger partial charge in [0.15, 0.2) is 5.16 Å². The van der Waals surface area contributed by atoms with E-state index in [9.17, 15) is 4.79 Å². The predicted molar refractivity (Wildman–Crippen MR) is 96.3 cm³/mol. The maximum absolute atomic E-state index is 12.1. The predicted octanol–water partition coefficient (Wildman–Crippen LogP) is 2.27. The lowest BCUT2D eigenvalue weighted by atomic mass is 10.1. The topological polar surface area (TPSA) is 85.1 Å². The van der Waals surface area contributed by atoms with Crippen molar-refractivity contribution in [3.8, 4) is 0 Å². The number of carbonyl (C=O) groups excluding carboxylic acids is 1. The number of nitrogens with zero attached hydrogens (tertiary/aromatic N) is 5. The second-order valence-electron chi connectivity index (χ2n) is 5.20. The number of nitrogens with one attached hydrogen (secondary N) is 1. The number of hydrazone groups is 1. The van der Waals surface area contributed by atoms with Gasteiger partial charge in [-0.3, -0.25) is 9.78 Å². The Bertz CT molecular complexity index is 860. The van der Waals surface area contributed by atoms with Crippen molar-refractivity contribution in [2.75, 3.05) is 0 Å². The third kappa shape index (κ3) is 4.74. The number of amides is 1. The van der Waals surface area contributed by atoms with Crippen LogP contribution < -0.4 is 5.43 Å². The zero-order valence-electron chi connectivity index (χ0n) is 13.5. The Morgan fingerprint density at radius 1 is 1.32 bits per heavy atom. The zero-order chi connectivity index (χ0) is 17.5. The van der Waals surface area contributed by atoms with Gasteiger partial charge in [-0.05, 0) is 23.8 Å². The molecular weight excluding hydrogens is 336 g/mol. The van der Waals surface area contributed by atoms with Crippen molar-refractivity contribution < 1.29 is 4.79 Å². The van der Waals surface area contributed by atoms with Crippen LogP contribution in [0.2, 0.25) is 0 Å². The van der Waals surface area contributed by atoms with Gasteiger partial charge in [-0.25, -0.2) is 5.43 Å². The van der Waals surface area contributed by atoms with Crippen molar-refractivity contribution in [3.05, 3.63) is 71.8 Å². The largest absolute Gasteiger partial charge is 0.312 e. The Labute approximate surface area is 149 Å². The van der Waals surface area contributed by atoms with Gasteiger partial charge in [-0.2, -0.15) is 5.10 Å². The lowest BCUT2D eigenvalue weighted by molar-refractivity contribution is 0.0955. The van der Waals surface area contributed by atoms with Crippen molar-refractivity contribution in [2.24, 2.45) is 12.1 Å². The van der Waals surface area contributed by atoms with Crippen LogP contribution in [0.1, 0.15) is 21.5 Å². The summed E-state index contributed by atoms with van der Waals surface area (Å²) in [6.45, 7) is 0. The fraction of sp³-hybridized carbons (Fsp3) is 0.118. The zero-order valence-corrected chi connectivity index (χ0v) is 14.3. The fourth-order valence-corrected chi connectivity index (χ4v) is 2.83. The Hall–Kier alpha value is -3.00. The SMILES string of the molecule is Cn1cnnc1SCc1ccc(C(=O)N/N=C\c2cccnc2)cc1. The number of benzene rings is 1. The van der Waals surface area contributed by atoms with Crippen LogP contribution in [0.15, 0.2) is 65.4 Å². The number of aryl methyl sites for hydroxylation is 1. The first kappa shape index (κ1) is 16.8. The summed E-state index contributed by atoms with van der Waals surface area (Å²) >= 11 is 1.59. The summed E-state index contributed by atoms with van der Waals surface area (Å²) in [4.78, 5) is 16.0. The highest BCUT2D eigenvalue weighted by Gasteiger charge is 2.06. The summed E-state index contributed by atoms with van der Waals surface area (Å²) in [5.74, 6) is 0.501. The average molecular weight is 352 g/mol. The Balaban J connectivity index is 1.53. The van der Waals surface area contributed by atoms with Gasteiger partial charge in [-0.15, -0.1) is 10.2 Å². The van der Waals surface area contributed by atoms with Crippen LogP contribution >= 0.6 is 11.8 Å². The Kier molecular flexibility index (Phi) is 5.53. The van der Waals surface area contributed by atoms with Gasteiger partial charge < -0.3 is 4.57 Å². The molecule has 126 valence electrons. The molecule has 7 nitrogen and oxygen atoms in total. The molecule has 0 radical (unpaired) electrons. The molecule has 0 aliphatic rings. The van der Waals surface area contributed by atoms with Crippen LogP contribution in [-0.2, 0) is 12.8 Å². The second kappa shape index (κ2) is 8.20. The molecule has 1 aromatic carbocycles. The molecule has 3 rings (SSSR count). The van der Waals surface area contributed by atoms with E-state index in [1.54, 1.807) is 54.9 Å². The van der Waals surface area contributed by atoms with E-state index in [0.717, 1.165) is 22.0 Å². The molecular formula is C17H16N6OS. The molecule has 0 aliphatic heterocycles. The molecule has 0 unspecified atom stereocenters. The fourth-order valence-electron chi connectivity index (χ4n) is 1.99. The maximum atomic E-state index is 12.1. The van der Waals surface area contributed by atoms with Crippen LogP contribution in [0.4, 0.5) is 0 Å². The third-order valence-electron chi connectivity index (χ3n) is 3.32. The van der Waals surface area contributed by atoms with E-state index >= 15 is 0 Å². The van der Waals surface area contributed by atoms with Gasteiger partial charge in [-0.1, -0.05) is 30.0 Å². The monoisotopic (exact) mass is 352 g/mol. The van der Waals surface area contributed by atoms with Gasteiger partial charge in [0.25, 0.3) is 5.91 Å². The highest BCUT2D eigenvalue weighted by atomic mass is 32.2. The standard InChI is InChI=1S/C17H16N6OS/c1-23-12-20-22-17(23)25-11-13-4-6-15(7-5-13)16(24)21-19-10-14-3-2-8-18-9-14/h2-10,12H,11H2,1H3,(H,21,24)/b19-10-. The molecule has 1 N–H and O–H groups in total. The van der Waals surface area contributed by atoms with Crippen LogP contribution in [-0.4, -0.2) is 31.9 Å². The summed E-state index contributed by atoms with van der Waals surface area (Å²) in [5.41, 5.74) is 4.98. The molecule has 2 aromatic heterocycles. The number of pyridine rings is 1. The highest BCUT2D eigenvalue weighted by molar-refractivity contribution is 7.98. The smallest absolute Gasteiger partial charge is 0.271 e. The number of rotatable bonds is 6. The molecule has 3 aromatic rings. The normalized spacial score (nSPS) is 10.9. The summed E-state index contributed by atoms with van der Waals surface area (Å²) < 4.78 is 1.87. The van der Waals surface area contributed by atoms with Crippen LogP contribution in [0, 0.1) is 0 Å². The van der Waals surface area contributed by atoms with E-state index in [0.29, 0.717) is 5.56 Å². The number of hydrogen-bond donors (Lipinski definition) is 1. The lowest BCUT2D eigenvalue weighted by Gasteiger charge is -2.03. The van der Waals surface area contributed by atoms with E-state index in [1.807, 2.05) is 29.8 Å². The molecule has 0 bridgehead atoms. The second-order valence-corrected chi connectivity index (χ2v) is 6.14. The van der Waals surface area contributed by atoms with Gasteiger partial charge in [0.2, 0.25) is 0 Å². The van der Waals surface area contributed by atoms with Gasteiger partial charge in [0.05, 0.1) is 6.21 Å². The van der Waals surface area contributed by atoms with Crippen LogP contribution in [0.25, 0.3) is 0 Å². The molecule has 0 fully saturated rings. The quantitative estimate of drug-likeness (QED) is 0.418. The van der Waals surface area contributed by atoms with Crippen LogP contribution in [0.5, 0.6) is 0 Å². The molecule has 1 amide bonds. The minimum absolute atomic E-state index is 0.257. The number of aromatic nitrogens is 4. The van der Waals surface area contributed by atoms with Gasteiger partial charge >= 0.3 is 0 Å². The van der Waals surface area contributed by atoms with E-state index in [4.69, 9.17) is 0 Å². The Morgan fingerprint density at radius 3 is 2.84 bits per heavy atom. The minimum Gasteiger partial charge on any atom is -0.312 e. The van der Waals surface area contributed by atoms with Gasteiger partial charge in [0, 0.05) is 36.3 Å². The summed E-state index contributed by atoms with van der Waals surface area (Å²) in [6, 6.07) is 11.1. The molecule has 0 spiro atoms.